The van der Waals surface area contributed by atoms with Gasteiger partial charge < -0.3 is 9.32 Å². The molecule has 0 aliphatic carbocycles. The van der Waals surface area contributed by atoms with Crippen LogP contribution in [0.3, 0.4) is 0 Å². The minimum absolute atomic E-state index is 0.0113. The number of hydrogen-bond acceptors (Lipinski definition) is 2. The second kappa shape index (κ2) is 11.8. The van der Waals surface area contributed by atoms with E-state index in [1.54, 1.807) is 24.3 Å². The standard InChI is InChI=1S/C46H31NO/c1-4-13-32(14-5-1)33-23-27-37(28-24-33)47(36-17-8-3-9-18-36)38-29-25-35(26-30-38)42-31-43-45-39(34-15-6-2-7-16-34)21-12-22-44(45)48-46(43)41-20-11-10-19-40(41)42/h1-31H/i10D,11D,12D,19D,20D,21D,22D,31D. The van der Waals surface area contributed by atoms with Gasteiger partial charge in [-0.25, -0.2) is 0 Å². The molecule has 1 heterocycles. The summed E-state index contributed by atoms with van der Waals surface area (Å²) in [5.74, 6) is 0. The largest absolute Gasteiger partial charge is 0.455 e. The van der Waals surface area contributed by atoms with E-state index < -0.39 is 12.1 Å². The molecule has 0 aliphatic rings. The molecule has 0 amide bonds. The summed E-state index contributed by atoms with van der Waals surface area (Å²) in [6.45, 7) is 0. The maximum Gasteiger partial charge on any atom is 0.143 e. The van der Waals surface area contributed by atoms with Crippen LogP contribution in [0, 0.1) is 0 Å². The molecule has 0 N–H and O–H groups in total. The quantitative estimate of drug-likeness (QED) is 0.184. The summed E-state index contributed by atoms with van der Waals surface area (Å²) < 4.78 is 78.0. The highest BCUT2D eigenvalue weighted by atomic mass is 16.3. The molecule has 2 nitrogen and oxygen atoms in total. The highest BCUT2D eigenvalue weighted by molar-refractivity contribution is 6.22. The average molecular weight is 622 g/mol. The van der Waals surface area contributed by atoms with Crippen molar-refractivity contribution < 1.29 is 15.4 Å². The molecule has 1 aromatic heterocycles. The van der Waals surface area contributed by atoms with E-state index in [2.05, 4.69) is 41.3 Å². The molecule has 8 aromatic carbocycles. The SMILES string of the molecule is [2H]c1c([2H])c(-c2ccccc2)c2c(oc3c4c([2H])c([2H])c([2H])c([2H])c4c(-c4ccc(N(c5ccccc5)c5ccc(-c6ccccc6)cc5)cc4)c([2H])c32)c1[2H]. The molecular weight excluding hydrogens is 583 g/mol. The minimum Gasteiger partial charge on any atom is -0.455 e. The Morgan fingerprint density at radius 2 is 0.938 bits per heavy atom. The lowest BCUT2D eigenvalue weighted by Crippen LogP contribution is -2.09. The Morgan fingerprint density at radius 1 is 0.417 bits per heavy atom. The fraction of sp³-hybridized carbons (Fsp3) is 0. The third-order valence-corrected chi connectivity index (χ3v) is 8.66. The summed E-state index contributed by atoms with van der Waals surface area (Å²) in [7, 11) is 0. The van der Waals surface area contributed by atoms with Gasteiger partial charge in [0.25, 0.3) is 0 Å². The van der Waals surface area contributed by atoms with Crippen molar-refractivity contribution in [1.82, 2.24) is 0 Å². The number of benzene rings is 8. The second-order valence-corrected chi connectivity index (χ2v) is 11.5. The Morgan fingerprint density at radius 3 is 1.60 bits per heavy atom. The predicted molar refractivity (Wildman–Crippen MR) is 202 cm³/mol. The maximum absolute atomic E-state index is 9.81. The van der Waals surface area contributed by atoms with Gasteiger partial charge in [-0.1, -0.05) is 139 Å². The number of furan rings is 1. The molecule has 48 heavy (non-hydrogen) atoms. The summed E-state index contributed by atoms with van der Waals surface area (Å²) in [4.78, 5) is 2.12. The number of nitrogens with zero attached hydrogens (tertiary/aromatic N) is 1. The normalized spacial score (nSPS) is 13.7. The van der Waals surface area contributed by atoms with Crippen molar-refractivity contribution in [3.8, 4) is 33.4 Å². The Bertz CT molecular complexity index is 2970. The highest BCUT2D eigenvalue weighted by Gasteiger charge is 2.18. The van der Waals surface area contributed by atoms with Crippen molar-refractivity contribution in [1.29, 1.82) is 0 Å². The van der Waals surface area contributed by atoms with Gasteiger partial charge in [0.05, 0.1) is 11.0 Å². The van der Waals surface area contributed by atoms with Crippen LogP contribution in [0.5, 0.6) is 0 Å². The van der Waals surface area contributed by atoms with Gasteiger partial charge in [-0.05, 0) is 87.2 Å². The van der Waals surface area contributed by atoms with Crippen LogP contribution >= 0.6 is 0 Å². The van der Waals surface area contributed by atoms with Crippen molar-refractivity contribution in [2.75, 3.05) is 4.90 Å². The van der Waals surface area contributed by atoms with E-state index >= 15 is 0 Å². The molecule has 0 atom stereocenters. The highest BCUT2D eigenvalue weighted by Crippen LogP contribution is 2.44. The molecule has 2 heteroatoms. The van der Waals surface area contributed by atoms with Gasteiger partial charge in [0.2, 0.25) is 0 Å². The van der Waals surface area contributed by atoms with Gasteiger partial charge in [0.15, 0.2) is 0 Å². The summed E-state index contributed by atoms with van der Waals surface area (Å²) in [6.07, 6.45) is 0. The van der Waals surface area contributed by atoms with E-state index in [9.17, 15) is 1.37 Å². The summed E-state index contributed by atoms with van der Waals surface area (Å²) in [6, 6.07) is 42.5. The number of rotatable bonds is 6. The van der Waals surface area contributed by atoms with Crippen molar-refractivity contribution in [3.05, 3.63) is 188 Å². The fourth-order valence-electron chi connectivity index (χ4n) is 6.40. The fourth-order valence-corrected chi connectivity index (χ4v) is 6.40. The molecule has 0 spiro atoms. The summed E-state index contributed by atoms with van der Waals surface area (Å²) in [5.41, 5.74) is 6.58. The first kappa shape index (κ1) is 20.7. The van der Waals surface area contributed by atoms with Crippen molar-refractivity contribution in [3.63, 3.8) is 0 Å². The Labute approximate surface area is 291 Å². The molecule has 0 saturated heterocycles. The minimum atomic E-state index is -0.461. The van der Waals surface area contributed by atoms with E-state index in [1.807, 2.05) is 78.9 Å². The Hall–Kier alpha value is -6.38. The van der Waals surface area contributed by atoms with Crippen LogP contribution in [0.4, 0.5) is 17.1 Å². The molecule has 0 fully saturated rings. The van der Waals surface area contributed by atoms with Crippen LogP contribution in [0.15, 0.2) is 192 Å². The van der Waals surface area contributed by atoms with Gasteiger partial charge in [-0.2, -0.15) is 0 Å². The first-order valence-corrected chi connectivity index (χ1v) is 15.7. The number of hydrogen-bond donors (Lipinski definition) is 0. The lowest BCUT2D eigenvalue weighted by atomic mass is 9.93. The van der Waals surface area contributed by atoms with Gasteiger partial charge in [-0.15, -0.1) is 0 Å². The van der Waals surface area contributed by atoms with Crippen LogP contribution in [0.1, 0.15) is 11.0 Å². The molecule has 9 aromatic rings. The van der Waals surface area contributed by atoms with Crippen molar-refractivity contribution >= 4 is 49.8 Å². The Kier molecular flexibility index (Phi) is 5.07. The van der Waals surface area contributed by atoms with Gasteiger partial charge in [0, 0.05) is 33.2 Å². The van der Waals surface area contributed by atoms with Crippen molar-refractivity contribution in [2.45, 2.75) is 0 Å². The lowest BCUT2D eigenvalue weighted by Gasteiger charge is -2.26. The number of para-hydroxylation sites is 1. The third-order valence-electron chi connectivity index (χ3n) is 8.66. The van der Waals surface area contributed by atoms with Crippen LogP contribution in [0.2, 0.25) is 0 Å². The second-order valence-electron chi connectivity index (χ2n) is 11.5. The van der Waals surface area contributed by atoms with Crippen LogP contribution in [-0.2, 0) is 0 Å². The van der Waals surface area contributed by atoms with Gasteiger partial charge >= 0.3 is 0 Å². The molecule has 9 rings (SSSR count). The topological polar surface area (TPSA) is 16.4 Å². The summed E-state index contributed by atoms with van der Waals surface area (Å²) >= 11 is 0. The van der Waals surface area contributed by atoms with E-state index in [1.165, 1.54) is 0 Å². The monoisotopic (exact) mass is 621 g/mol. The van der Waals surface area contributed by atoms with Crippen LogP contribution in [0.25, 0.3) is 66.1 Å². The zero-order valence-electron chi connectivity index (χ0n) is 33.6. The van der Waals surface area contributed by atoms with Crippen molar-refractivity contribution in [2.24, 2.45) is 0 Å². The first-order chi connectivity index (χ1) is 27.2. The molecular formula is C46H31NO. The zero-order chi connectivity index (χ0) is 38.8. The molecule has 0 radical (unpaired) electrons. The van der Waals surface area contributed by atoms with Crippen LogP contribution < -0.4 is 4.90 Å². The maximum atomic E-state index is 9.81. The van der Waals surface area contributed by atoms with Crippen LogP contribution in [-0.4, -0.2) is 0 Å². The van der Waals surface area contributed by atoms with E-state index in [0.29, 0.717) is 16.7 Å². The smallest absolute Gasteiger partial charge is 0.143 e. The number of fused-ring (bicyclic) bond motifs is 5. The van der Waals surface area contributed by atoms with Gasteiger partial charge in [-0.3, -0.25) is 0 Å². The van der Waals surface area contributed by atoms with E-state index in [0.717, 1.165) is 28.2 Å². The summed E-state index contributed by atoms with van der Waals surface area (Å²) in [5, 5.41) is 0.672. The zero-order valence-corrected chi connectivity index (χ0v) is 25.6. The van der Waals surface area contributed by atoms with Gasteiger partial charge in [0.1, 0.15) is 11.2 Å². The molecule has 0 aliphatic heterocycles. The predicted octanol–water partition coefficient (Wildman–Crippen LogP) is 13.2. The Balaban J connectivity index is 1.30. The third kappa shape index (κ3) is 4.83. The van der Waals surface area contributed by atoms with E-state index in [4.69, 9.17) is 14.0 Å². The first-order valence-electron chi connectivity index (χ1n) is 19.7. The average Bonchev–Trinajstić information content (AvgIpc) is 3.64. The van der Waals surface area contributed by atoms with E-state index in [-0.39, 0.29) is 74.5 Å². The lowest BCUT2D eigenvalue weighted by molar-refractivity contribution is 0.673. The molecule has 0 saturated carbocycles. The number of anilines is 3. The molecule has 226 valence electrons. The molecule has 0 bridgehead atoms. The molecule has 0 unspecified atom stereocenters.